The molecule has 74 heavy (non-hydrogen) atoms. The number of hydrogen-bond donors (Lipinski definition) is 1. The molecule has 0 saturated heterocycles. The number of unbranched alkanes of at least 4 members (excludes halogenated alkanes) is 17. The predicted molar refractivity (Wildman–Crippen MR) is 316 cm³/mol. The number of allylic oxidation sites excluding steroid dienone is 19. The SMILES string of the molecule is CC/C=C\C/C=C\C/C=C\C/C=C\C/C=C\CCCCCCCC(=O)OC(/C=C/CCCCCCCCCCC)C(COP(=O)([O-])OCC[N+](C)(C)C)NC(=O)CCCCC/C=C/C/C=C/C/C=C/C/C=C/CC. The highest BCUT2D eigenvalue weighted by Gasteiger charge is 2.27. The second-order valence-corrected chi connectivity index (χ2v) is 21.8. The molecule has 0 radical (unpaired) electrons. The largest absolute Gasteiger partial charge is 0.756 e. The van der Waals surface area contributed by atoms with Gasteiger partial charge < -0.3 is 28.5 Å². The molecule has 0 spiro atoms. The second-order valence-electron chi connectivity index (χ2n) is 20.4. The fraction of sp³-hybridized carbons (Fsp3) is 0.656. The summed E-state index contributed by atoms with van der Waals surface area (Å²) in [5.41, 5.74) is 0. The first-order valence-electron chi connectivity index (χ1n) is 29.3. The average Bonchev–Trinajstić information content (AvgIpc) is 3.36. The van der Waals surface area contributed by atoms with E-state index in [1.54, 1.807) is 0 Å². The van der Waals surface area contributed by atoms with Crippen molar-refractivity contribution in [2.45, 2.75) is 232 Å². The molecule has 0 rings (SSSR count). The van der Waals surface area contributed by atoms with Crippen molar-refractivity contribution in [2.24, 2.45) is 0 Å². The first kappa shape index (κ1) is 70.4. The summed E-state index contributed by atoms with van der Waals surface area (Å²) in [5.74, 6) is -0.611. The molecule has 1 amide bonds. The van der Waals surface area contributed by atoms with Crippen LogP contribution >= 0.6 is 7.82 Å². The Kier molecular flexibility index (Phi) is 50.3. The summed E-state index contributed by atoms with van der Waals surface area (Å²) < 4.78 is 30.2. The van der Waals surface area contributed by atoms with E-state index in [4.69, 9.17) is 13.8 Å². The number of nitrogens with zero attached hydrogens (tertiary/aromatic N) is 1. The fourth-order valence-corrected chi connectivity index (χ4v) is 8.38. The van der Waals surface area contributed by atoms with E-state index < -0.39 is 26.6 Å². The first-order chi connectivity index (χ1) is 35.9. The van der Waals surface area contributed by atoms with Gasteiger partial charge in [-0.3, -0.25) is 14.2 Å². The maximum atomic E-state index is 13.5. The van der Waals surface area contributed by atoms with Crippen molar-refractivity contribution in [1.82, 2.24) is 5.32 Å². The number of hydrogen-bond acceptors (Lipinski definition) is 7. The number of phosphoric acid groups is 1. The molecule has 10 heteroatoms. The van der Waals surface area contributed by atoms with Crippen molar-refractivity contribution in [1.29, 1.82) is 0 Å². The highest BCUT2D eigenvalue weighted by molar-refractivity contribution is 7.45. The summed E-state index contributed by atoms with van der Waals surface area (Å²) in [6.45, 7) is 6.54. The fourth-order valence-electron chi connectivity index (χ4n) is 7.65. The lowest BCUT2D eigenvalue weighted by atomic mass is 10.1. The monoisotopic (exact) mass is 1050 g/mol. The van der Waals surface area contributed by atoms with Gasteiger partial charge in [0, 0.05) is 12.8 Å². The highest BCUT2D eigenvalue weighted by Crippen LogP contribution is 2.38. The van der Waals surface area contributed by atoms with E-state index in [1.807, 2.05) is 33.3 Å². The smallest absolute Gasteiger partial charge is 0.306 e. The number of esters is 1. The van der Waals surface area contributed by atoms with Crippen LogP contribution in [0.2, 0.25) is 0 Å². The van der Waals surface area contributed by atoms with Crippen molar-refractivity contribution >= 4 is 19.7 Å². The maximum Gasteiger partial charge on any atom is 0.306 e. The van der Waals surface area contributed by atoms with Gasteiger partial charge in [-0.05, 0) is 115 Å². The van der Waals surface area contributed by atoms with Crippen LogP contribution in [0.3, 0.4) is 0 Å². The van der Waals surface area contributed by atoms with Gasteiger partial charge >= 0.3 is 5.97 Å². The van der Waals surface area contributed by atoms with Crippen molar-refractivity contribution in [3.8, 4) is 0 Å². The molecule has 0 aliphatic carbocycles. The zero-order valence-electron chi connectivity index (χ0n) is 48.0. The molecule has 422 valence electrons. The average molecular weight is 1050 g/mol. The van der Waals surface area contributed by atoms with Gasteiger partial charge in [-0.1, -0.05) is 213 Å². The van der Waals surface area contributed by atoms with Crippen LogP contribution < -0.4 is 10.2 Å². The Morgan fingerprint density at radius 1 is 0.486 bits per heavy atom. The molecular weight excluding hydrogens is 940 g/mol. The Labute approximate surface area is 454 Å². The summed E-state index contributed by atoms with van der Waals surface area (Å²) in [6.07, 6.45) is 73.1. The zero-order valence-corrected chi connectivity index (χ0v) is 48.9. The molecule has 0 saturated carbocycles. The molecule has 0 fully saturated rings. The molecule has 0 heterocycles. The molecule has 0 aromatic carbocycles. The minimum atomic E-state index is -4.72. The molecule has 3 unspecified atom stereocenters. The van der Waals surface area contributed by atoms with E-state index in [9.17, 15) is 19.0 Å². The first-order valence-corrected chi connectivity index (χ1v) is 30.8. The third kappa shape index (κ3) is 53.2. The minimum Gasteiger partial charge on any atom is -0.756 e. The number of ether oxygens (including phenoxy) is 1. The summed E-state index contributed by atoms with van der Waals surface area (Å²) in [7, 11) is 1.13. The molecule has 0 aliphatic heterocycles. The lowest BCUT2D eigenvalue weighted by molar-refractivity contribution is -0.870. The Morgan fingerprint density at radius 2 is 0.865 bits per heavy atom. The van der Waals surface area contributed by atoms with Gasteiger partial charge in [0.05, 0.1) is 33.8 Å². The summed E-state index contributed by atoms with van der Waals surface area (Å²) in [6, 6.07) is -0.921. The third-order valence-corrected chi connectivity index (χ3v) is 13.1. The van der Waals surface area contributed by atoms with Crippen LogP contribution in [0, 0.1) is 0 Å². The number of phosphoric ester groups is 1. The molecule has 0 aromatic rings. The van der Waals surface area contributed by atoms with Crippen LogP contribution in [-0.4, -0.2) is 69.4 Å². The predicted octanol–water partition coefficient (Wildman–Crippen LogP) is 17.3. The summed E-state index contributed by atoms with van der Waals surface area (Å²) in [5, 5.41) is 2.99. The molecule has 0 aromatic heterocycles. The van der Waals surface area contributed by atoms with E-state index in [-0.39, 0.29) is 31.3 Å². The van der Waals surface area contributed by atoms with Gasteiger partial charge in [-0.2, -0.15) is 0 Å². The molecule has 0 aliphatic rings. The van der Waals surface area contributed by atoms with Crippen LogP contribution in [0.1, 0.15) is 220 Å². The number of nitrogens with one attached hydrogen (secondary N) is 1. The standard InChI is InChI=1S/C64H109N2O7P/c1-7-10-13-16-19-22-25-27-29-31-32-33-34-35-37-39-42-45-48-51-54-57-64(68)73-62(55-52-49-46-43-40-24-21-18-15-12-9-3)61(60-72-74(69,70)71-59-58-66(4,5)6)65-63(67)56-53-50-47-44-41-38-36-30-28-26-23-20-17-14-11-8-2/h10-11,13-14,19-20,22-23,27-30,32-33,35,37-38,41,52,55,61-62H,7-9,12,15-18,21,24-26,31,34,36,39-40,42-51,53-54,56-60H2,1-6H3,(H-,65,67,69,70)/b13-10-,14-11+,22-19-,23-20+,29-27-,30-28+,33-32-,37-35-,41-38+,55-52+. The Morgan fingerprint density at radius 3 is 1.31 bits per heavy atom. The number of carbonyl (C=O) groups is 2. The number of rotatable bonds is 51. The quantitative estimate of drug-likeness (QED) is 0.0212. The topological polar surface area (TPSA) is 114 Å². The van der Waals surface area contributed by atoms with Crippen LogP contribution in [0.15, 0.2) is 122 Å². The van der Waals surface area contributed by atoms with Crippen LogP contribution in [-0.2, 0) is 27.9 Å². The van der Waals surface area contributed by atoms with Crippen molar-refractivity contribution < 1.29 is 37.3 Å². The van der Waals surface area contributed by atoms with Gasteiger partial charge in [0.1, 0.15) is 19.3 Å². The maximum absolute atomic E-state index is 13.5. The molecule has 3 atom stereocenters. The van der Waals surface area contributed by atoms with Gasteiger partial charge in [0.2, 0.25) is 5.91 Å². The Hall–Kier alpha value is -3.59. The Balaban J connectivity index is 5.37. The van der Waals surface area contributed by atoms with Gasteiger partial charge in [-0.15, -0.1) is 0 Å². The van der Waals surface area contributed by atoms with Crippen LogP contribution in [0.5, 0.6) is 0 Å². The molecule has 1 N–H and O–H groups in total. The molecule has 0 bridgehead atoms. The molecule has 9 nitrogen and oxygen atoms in total. The van der Waals surface area contributed by atoms with E-state index >= 15 is 0 Å². The van der Waals surface area contributed by atoms with Gasteiger partial charge in [0.15, 0.2) is 0 Å². The number of carbonyl (C=O) groups excluding carboxylic acids is 2. The van der Waals surface area contributed by atoms with E-state index in [2.05, 4.69) is 135 Å². The number of quaternary nitrogens is 1. The highest BCUT2D eigenvalue weighted by atomic mass is 31.2. The van der Waals surface area contributed by atoms with Gasteiger partial charge in [0.25, 0.3) is 7.82 Å². The van der Waals surface area contributed by atoms with E-state index in [0.717, 1.165) is 128 Å². The third-order valence-electron chi connectivity index (χ3n) is 12.1. The second kappa shape index (κ2) is 52.8. The Bertz CT molecular complexity index is 1680. The van der Waals surface area contributed by atoms with Crippen LogP contribution in [0.25, 0.3) is 0 Å². The van der Waals surface area contributed by atoms with Gasteiger partial charge in [-0.25, -0.2) is 0 Å². The van der Waals surface area contributed by atoms with Crippen LogP contribution in [0.4, 0.5) is 0 Å². The summed E-state index contributed by atoms with van der Waals surface area (Å²) >= 11 is 0. The molecular formula is C64H109N2O7P. The van der Waals surface area contributed by atoms with E-state index in [1.165, 1.54) is 44.9 Å². The van der Waals surface area contributed by atoms with E-state index in [0.29, 0.717) is 23.9 Å². The number of likely N-dealkylation sites (N-methyl/N-ethyl adjacent to an activating group) is 1. The van der Waals surface area contributed by atoms with Crippen molar-refractivity contribution in [3.05, 3.63) is 122 Å². The normalized spacial score (nSPS) is 14.6. The minimum absolute atomic E-state index is 0.0390. The number of amides is 1. The zero-order chi connectivity index (χ0) is 54.3. The van der Waals surface area contributed by atoms with Crippen molar-refractivity contribution in [2.75, 3.05) is 40.9 Å². The lowest BCUT2D eigenvalue weighted by Crippen LogP contribution is -2.47. The van der Waals surface area contributed by atoms with Crippen molar-refractivity contribution in [3.63, 3.8) is 0 Å². The lowest BCUT2D eigenvalue weighted by Gasteiger charge is -2.30. The summed E-state index contributed by atoms with van der Waals surface area (Å²) in [4.78, 5) is 39.9.